The van der Waals surface area contributed by atoms with E-state index in [0.717, 1.165) is 81.8 Å². The van der Waals surface area contributed by atoms with Gasteiger partial charge in [0.25, 0.3) is 0 Å². The van der Waals surface area contributed by atoms with Crippen LogP contribution in [-0.2, 0) is 0 Å². The van der Waals surface area contributed by atoms with Crippen molar-refractivity contribution in [2.45, 2.75) is 423 Å². The van der Waals surface area contributed by atoms with Gasteiger partial charge >= 0.3 is 0 Å². The Hall–Kier alpha value is 0. The molecule has 490 valence electrons. The van der Waals surface area contributed by atoms with Crippen molar-refractivity contribution >= 4 is 0 Å². The molecule has 0 spiro atoms. The van der Waals surface area contributed by atoms with Gasteiger partial charge < -0.3 is 0 Å². The maximum Gasteiger partial charge on any atom is -0.0300 e. The summed E-state index contributed by atoms with van der Waals surface area (Å²) in [5, 5.41) is 0. The normalized spacial score (nSPS) is 19.4. The molecule has 0 radical (unpaired) electrons. The summed E-state index contributed by atoms with van der Waals surface area (Å²) < 4.78 is 0. The van der Waals surface area contributed by atoms with E-state index in [1.165, 1.54) is 173 Å². The maximum atomic E-state index is 2.37. The molecule has 2 unspecified atom stereocenters. The van der Waals surface area contributed by atoms with Crippen molar-refractivity contribution in [2.75, 3.05) is 0 Å². The fourth-order valence-electron chi connectivity index (χ4n) is 6.48. The molecule has 5 aliphatic rings. The third kappa shape index (κ3) is 97.4. The van der Waals surface area contributed by atoms with Crippen LogP contribution in [0.15, 0.2) is 0 Å². The lowest BCUT2D eigenvalue weighted by Crippen LogP contribution is -2.00. The second-order valence-electron chi connectivity index (χ2n) is 31.2. The van der Waals surface area contributed by atoms with Crippen molar-refractivity contribution < 1.29 is 0 Å². The van der Waals surface area contributed by atoms with E-state index in [0.29, 0.717) is 10.8 Å². The average molecular weight is 1120 g/mol. The fraction of sp³-hybridized carbons (Fsp3) is 1.00. The van der Waals surface area contributed by atoms with Crippen molar-refractivity contribution in [3.05, 3.63) is 0 Å². The average Bonchev–Trinajstić information content (AvgIpc) is 4.12. The first-order valence-corrected chi connectivity index (χ1v) is 36.4. The highest BCUT2D eigenvalue weighted by Gasteiger charge is 2.44. The Balaban J connectivity index is -0.000000115. The molecule has 5 aliphatic carbocycles. The van der Waals surface area contributed by atoms with Crippen LogP contribution in [0.2, 0.25) is 0 Å². The lowest BCUT2D eigenvalue weighted by Gasteiger charge is -2.12. The zero-order valence-corrected chi connectivity index (χ0v) is 64.0. The Labute approximate surface area is 512 Å². The molecule has 5 rings (SSSR count). The Morgan fingerprint density at radius 3 is 0.797 bits per heavy atom. The van der Waals surface area contributed by atoms with Crippen LogP contribution in [0.3, 0.4) is 0 Å². The molecule has 0 heteroatoms. The van der Waals surface area contributed by atoms with Gasteiger partial charge in [0.2, 0.25) is 0 Å². The molecule has 5 saturated carbocycles. The van der Waals surface area contributed by atoms with Gasteiger partial charge in [-0.2, -0.15) is 0 Å². The highest BCUT2D eigenvalue weighted by molar-refractivity contribution is 4.94. The van der Waals surface area contributed by atoms with Crippen LogP contribution in [0.4, 0.5) is 0 Å². The van der Waals surface area contributed by atoms with Crippen molar-refractivity contribution in [2.24, 2.45) is 92.7 Å². The standard InChI is InChI=1S/C7H14.4C6H12.8C6H14/c1-4-7(3)5-6(7)2;1-5(2)6-3-4-6;1-3-6(2)4-5-6;1-3-6-4-5(6)2;1-2-3-6-4-5-6;2*1-5-6(2,3)4;1-5(2)6(3)4;2*1-4-5-6(2)3;2*1-4-6(3)5-2;1-3-5-6-4-2/h6H,4-5H2,1-3H3;5-6H,3-4H2,1-2H3;3-5H2,1-2H3;5-6H,3-4H2,1-2H3;6H,2-5H2,1H3;2*5H2,1-4H3;5-6H,1-4H3;4*6H,4-5H2,1-3H3;3-6H2,1-2H3/t6-,7?;;;5-,6?;;;;;;;;;/m0..0........./s1. The first-order chi connectivity index (χ1) is 36.4. The SMILES string of the molecule is CC(C)C(C)C.CC(C)C1CC1.CCC(C)(C)C.CCC(C)(C)C.CCC(C)CC.CCC(C)CC.CCC1(C)CC1.CCC1(C)C[C@@H]1C.CCC1C[C@@H]1C.CCCC(C)C.CCCC(C)C.CCCC1CC1.CCCCCC. The highest BCUT2D eigenvalue weighted by atomic mass is 14.5. The summed E-state index contributed by atoms with van der Waals surface area (Å²) in [6.45, 7) is 81.3. The molecule has 5 fully saturated rings. The fourth-order valence-corrected chi connectivity index (χ4v) is 6.48. The van der Waals surface area contributed by atoms with E-state index in [1.807, 2.05) is 0 Å². The van der Waals surface area contributed by atoms with Crippen LogP contribution in [0.5, 0.6) is 0 Å². The van der Waals surface area contributed by atoms with Gasteiger partial charge in [-0.1, -0.05) is 384 Å². The molecule has 4 atom stereocenters. The van der Waals surface area contributed by atoms with E-state index in [9.17, 15) is 0 Å². The number of rotatable bonds is 18. The molecular formula is C79H174. The van der Waals surface area contributed by atoms with Gasteiger partial charge in [-0.05, 0) is 131 Å². The quantitative estimate of drug-likeness (QED) is 0.120. The first-order valence-electron chi connectivity index (χ1n) is 36.4. The zero-order chi connectivity index (χ0) is 64.0. The monoisotopic (exact) mass is 1120 g/mol. The molecule has 0 aromatic rings. The highest BCUT2D eigenvalue weighted by Crippen LogP contribution is 2.54. The van der Waals surface area contributed by atoms with Gasteiger partial charge in [-0.25, -0.2) is 0 Å². The van der Waals surface area contributed by atoms with Crippen molar-refractivity contribution in [1.29, 1.82) is 0 Å². The topological polar surface area (TPSA) is 0 Å². The summed E-state index contributed by atoms with van der Waals surface area (Å²) in [6.07, 6.45) is 37.8. The van der Waals surface area contributed by atoms with E-state index < -0.39 is 0 Å². The molecule has 0 saturated heterocycles. The Bertz CT molecular complexity index is 993. The molecule has 0 N–H and O–H groups in total. The van der Waals surface area contributed by atoms with Gasteiger partial charge in [0.05, 0.1) is 0 Å². The zero-order valence-electron chi connectivity index (χ0n) is 64.0. The van der Waals surface area contributed by atoms with E-state index in [-0.39, 0.29) is 0 Å². The van der Waals surface area contributed by atoms with E-state index >= 15 is 0 Å². The van der Waals surface area contributed by atoms with Gasteiger partial charge in [0.1, 0.15) is 0 Å². The summed E-state index contributed by atoms with van der Waals surface area (Å²) in [7, 11) is 0. The molecule has 0 aromatic carbocycles. The molecule has 0 bridgehead atoms. The van der Waals surface area contributed by atoms with E-state index in [2.05, 4.69) is 249 Å². The van der Waals surface area contributed by atoms with Gasteiger partial charge in [-0.15, -0.1) is 0 Å². The largest absolute Gasteiger partial charge is 0.0654 e. The van der Waals surface area contributed by atoms with Crippen molar-refractivity contribution in [1.82, 2.24) is 0 Å². The second-order valence-corrected chi connectivity index (χ2v) is 31.2. The van der Waals surface area contributed by atoms with Crippen LogP contribution in [0, 0.1) is 92.7 Å². The molecule has 0 heterocycles. The van der Waals surface area contributed by atoms with Crippen LogP contribution in [-0.4, -0.2) is 0 Å². The van der Waals surface area contributed by atoms with Crippen molar-refractivity contribution in [3.63, 3.8) is 0 Å². The van der Waals surface area contributed by atoms with Gasteiger partial charge in [0.15, 0.2) is 0 Å². The third-order valence-corrected chi connectivity index (χ3v) is 18.3. The molecule has 79 heavy (non-hydrogen) atoms. The second kappa shape index (κ2) is 61.1. The number of hydrogen-bond donors (Lipinski definition) is 0. The summed E-state index contributed by atoms with van der Waals surface area (Å²) in [5.74, 6) is 11.8. The molecule has 0 aliphatic heterocycles. The van der Waals surface area contributed by atoms with E-state index in [1.54, 1.807) is 0 Å². The number of hydrogen-bond acceptors (Lipinski definition) is 0. The lowest BCUT2D eigenvalue weighted by atomic mass is 9.94. The van der Waals surface area contributed by atoms with E-state index in [4.69, 9.17) is 0 Å². The molecule has 0 aromatic heterocycles. The summed E-state index contributed by atoms with van der Waals surface area (Å²) in [4.78, 5) is 0. The lowest BCUT2D eigenvalue weighted by molar-refractivity contribution is 0.397. The predicted octanol–water partition coefficient (Wildman–Crippen LogP) is 30.5. The smallest absolute Gasteiger partial charge is 0.0300 e. The maximum absolute atomic E-state index is 2.37. The van der Waals surface area contributed by atoms with Crippen molar-refractivity contribution in [3.8, 4) is 0 Å². The number of unbranched alkanes of at least 4 members (excludes halogenated alkanes) is 3. The minimum absolute atomic E-state index is 0.542. The summed E-state index contributed by atoms with van der Waals surface area (Å²) in [5.41, 5.74) is 2.62. The minimum Gasteiger partial charge on any atom is -0.0654 e. The summed E-state index contributed by atoms with van der Waals surface area (Å²) >= 11 is 0. The molecule has 0 amide bonds. The predicted molar refractivity (Wildman–Crippen MR) is 381 cm³/mol. The Kier molecular flexibility index (Phi) is 73.7. The molecule has 0 nitrogen and oxygen atoms in total. The van der Waals surface area contributed by atoms with Gasteiger partial charge in [-0.3, -0.25) is 0 Å². The van der Waals surface area contributed by atoms with Crippen LogP contribution in [0.25, 0.3) is 0 Å². The van der Waals surface area contributed by atoms with Crippen LogP contribution in [0.1, 0.15) is 423 Å². The van der Waals surface area contributed by atoms with Gasteiger partial charge in [0, 0.05) is 0 Å². The van der Waals surface area contributed by atoms with Crippen LogP contribution >= 0.6 is 0 Å². The van der Waals surface area contributed by atoms with Crippen LogP contribution < -0.4 is 0 Å². The first kappa shape index (κ1) is 95.3. The summed E-state index contributed by atoms with van der Waals surface area (Å²) in [6, 6.07) is 0. The Morgan fingerprint density at radius 2 is 0.772 bits per heavy atom. The Morgan fingerprint density at radius 1 is 0.456 bits per heavy atom. The minimum atomic E-state index is 0.542. The molecular weight excluding hydrogens is 949 g/mol. The third-order valence-electron chi connectivity index (χ3n) is 18.3.